The average Bonchev–Trinajstić information content (AvgIpc) is 2.31. The quantitative estimate of drug-likeness (QED) is 0.858. The van der Waals surface area contributed by atoms with E-state index in [0.717, 1.165) is 12.1 Å². The number of ether oxygens (including phenoxy) is 1. The third-order valence-corrected chi connectivity index (χ3v) is 4.71. The molecule has 1 aromatic rings. The zero-order valence-corrected chi connectivity index (χ0v) is 12.7. The van der Waals surface area contributed by atoms with Gasteiger partial charge in [0.25, 0.3) is 5.91 Å². The fourth-order valence-corrected chi connectivity index (χ4v) is 3.15. The Bertz CT molecular complexity index is 674. The van der Waals surface area contributed by atoms with Crippen molar-refractivity contribution >= 4 is 27.5 Å². The highest BCUT2D eigenvalue weighted by Crippen LogP contribution is 2.26. The first-order valence-corrected chi connectivity index (χ1v) is 8.00. The molecule has 116 valence electrons. The highest BCUT2D eigenvalue weighted by atomic mass is 35.5. The summed E-state index contributed by atoms with van der Waals surface area (Å²) in [6.45, 7) is 0. The lowest BCUT2D eigenvalue weighted by atomic mass is 9.89. The predicted molar refractivity (Wildman–Crippen MR) is 74.1 cm³/mol. The molecule has 0 unspecified atom stereocenters. The predicted octanol–water partition coefficient (Wildman–Crippen LogP) is 1.03. The molecule has 9 heteroatoms. The number of rotatable bonds is 4. The van der Waals surface area contributed by atoms with Crippen LogP contribution < -0.4 is 10.5 Å². The van der Waals surface area contributed by atoms with Crippen LogP contribution in [0.1, 0.15) is 23.2 Å². The molecular formula is C12H14ClFN2O4S. The van der Waals surface area contributed by atoms with E-state index >= 15 is 0 Å². The van der Waals surface area contributed by atoms with Crippen LogP contribution in [0.15, 0.2) is 17.0 Å². The van der Waals surface area contributed by atoms with E-state index in [2.05, 4.69) is 5.32 Å². The van der Waals surface area contributed by atoms with Gasteiger partial charge < -0.3 is 10.1 Å². The van der Waals surface area contributed by atoms with Gasteiger partial charge in [-0.05, 0) is 25.0 Å². The minimum atomic E-state index is -4.14. The summed E-state index contributed by atoms with van der Waals surface area (Å²) in [6.07, 6.45) is 1.32. The van der Waals surface area contributed by atoms with Crippen LogP contribution >= 0.6 is 11.6 Å². The van der Waals surface area contributed by atoms with E-state index in [1.165, 1.54) is 0 Å². The number of carbonyl (C=O) groups excluding carboxylic acids is 1. The zero-order valence-electron chi connectivity index (χ0n) is 11.1. The van der Waals surface area contributed by atoms with E-state index in [1.54, 1.807) is 7.11 Å². The monoisotopic (exact) mass is 336 g/mol. The van der Waals surface area contributed by atoms with Gasteiger partial charge in [-0.2, -0.15) is 0 Å². The molecule has 1 aromatic carbocycles. The van der Waals surface area contributed by atoms with Gasteiger partial charge in [0.05, 0.1) is 16.7 Å². The summed E-state index contributed by atoms with van der Waals surface area (Å²) in [4.78, 5) is 11.5. The fraction of sp³-hybridized carbons (Fsp3) is 0.417. The summed E-state index contributed by atoms with van der Waals surface area (Å²) in [5.74, 6) is -1.62. The van der Waals surface area contributed by atoms with Crippen LogP contribution in [0.3, 0.4) is 0 Å². The Morgan fingerprint density at radius 2 is 2.10 bits per heavy atom. The van der Waals surface area contributed by atoms with Crippen molar-refractivity contribution in [3.05, 3.63) is 28.5 Å². The van der Waals surface area contributed by atoms with Crippen LogP contribution in [0.5, 0.6) is 0 Å². The Labute approximate surface area is 126 Å². The Hall–Kier alpha value is -1.22. The van der Waals surface area contributed by atoms with E-state index in [1.807, 2.05) is 0 Å². The van der Waals surface area contributed by atoms with Gasteiger partial charge >= 0.3 is 0 Å². The summed E-state index contributed by atoms with van der Waals surface area (Å²) in [5, 5.41) is 7.20. The number of hydrogen-bond donors (Lipinski definition) is 2. The lowest BCUT2D eigenvalue weighted by Crippen LogP contribution is -2.47. The molecule has 1 aliphatic rings. The van der Waals surface area contributed by atoms with Crippen molar-refractivity contribution in [1.29, 1.82) is 0 Å². The maximum absolute atomic E-state index is 13.8. The summed E-state index contributed by atoms with van der Waals surface area (Å²) < 4.78 is 41.5. The molecular weight excluding hydrogens is 323 g/mol. The maximum Gasteiger partial charge on any atom is 0.254 e. The molecule has 21 heavy (non-hydrogen) atoms. The van der Waals surface area contributed by atoms with Crippen molar-refractivity contribution in [1.82, 2.24) is 5.32 Å². The number of primary sulfonamides is 1. The number of benzene rings is 1. The molecule has 1 aliphatic carbocycles. The molecule has 0 spiro atoms. The normalized spacial score (nSPS) is 21.7. The molecule has 0 aromatic heterocycles. The summed E-state index contributed by atoms with van der Waals surface area (Å²) in [5.41, 5.74) is -0.413. The second-order valence-corrected chi connectivity index (χ2v) is 6.74. The van der Waals surface area contributed by atoms with E-state index in [9.17, 15) is 17.6 Å². The minimum absolute atomic E-state index is 0.0744. The third kappa shape index (κ3) is 3.52. The van der Waals surface area contributed by atoms with Crippen LogP contribution in [-0.4, -0.2) is 33.6 Å². The Morgan fingerprint density at radius 1 is 1.48 bits per heavy atom. The second-order valence-electron chi connectivity index (χ2n) is 4.81. The molecule has 0 atom stereocenters. The topological polar surface area (TPSA) is 98.5 Å². The Morgan fingerprint density at radius 3 is 2.62 bits per heavy atom. The first-order valence-electron chi connectivity index (χ1n) is 6.08. The van der Waals surface area contributed by atoms with Crippen LogP contribution in [0, 0.1) is 5.82 Å². The summed E-state index contributed by atoms with van der Waals surface area (Å²) >= 11 is 5.63. The number of nitrogens with two attached hydrogens (primary N) is 1. The van der Waals surface area contributed by atoms with Crippen molar-refractivity contribution in [3.8, 4) is 0 Å². The number of nitrogens with one attached hydrogen (secondary N) is 1. The number of hydrogen-bond acceptors (Lipinski definition) is 4. The number of halogens is 2. The van der Waals surface area contributed by atoms with Crippen LogP contribution in [0.4, 0.5) is 4.39 Å². The van der Waals surface area contributed by atoms with Gasteiger partial charge in [0.2, 0.25) is 10.0 Å². The lowest BCUT2D eigenvalue weighted by Gasteiger charge is -2.34. The van der Waals surface area contributed by atoms with E-state index in [-0.39, 0.29) is 17.2 Å². The van der Waals surface area contributed by atoms with Gasteiger partial charge in [0.1, 0.15) is 10.7 Å². The molecule has 0 bridgehead atoms. The SMILES string of the molecule is COC1CC(NC(=O)c2cc(S(N)(=O)=O)c(Cl)cc2F)C1. The van der Waals surface area contributed by atoms with Crippen molar-refractivity contribution in [2.45, 2.75) is 29.9 Å². The standard InChI is InChI=1S/C12H14ClFN2O4S/c1-20-7-2-6(3-7)16-12(17)8-4-11(21(15,18)19)9(13)5-10(8)14/h4-7H,2-3H2,1H3,(H,16,17)(H2,15,18,19). The number of methoxy groups -OCH3 is 1. The highest BCUT2D eigenvalue weighted by Gasteiger charge is 2.31. The highest BCUT2D eigenvalue weighted by molar-refractivity contribution is 7.89. The minimum Gasteiger partial charge on any atom is -0.381 e. The fourth-order valence-electron chi connectivity index (χ4n) is 2.06. The number of sulfonamides is 1. The van der Waals surface area contributed by atoms with Gasteiger partial charge in [-0.1, -0.05) is 11.6 Å². The van der Waals surface area contributed by atoms with Crippen molar-refractivity contribution in [3.63, 3.8) is 0 Å². The first-order chi connectivity index (χ1) is 9.72. The van der Waals surface area contributed by atoms with Gasteiger partial charge in [-0.25, -0.2) is 17.9 Å². The molecule has 0 radical (unpaired) electrons. The average molecular weight is 337 g/mol. The lowest BCUT2D eigenvalue weighted by molar-refractivity contribution is 0.0175. The largest absolute Gasteiger partial charge is 0.381 e. The third-order valence-electron chi connectivity index (χ3n) is 3.34. The van der Waals surface area contributed by atoms with Crippen molar-refractivity contribution < 1.29 is 22.3 Å². The molecule has 1 saturated carbocycles. The Kier molecular flexibility index (Phi) is 4.52. The number of carbonyl (C=O) groups is 1. The molecule has 0 heterocycles. The molecule has 0 saturated heterocycles. The number of amides is 1. The molecule has 6 nitrogen and oxygen atoms in total. The maximum atomic E-state index is 13.8. The van der Waals surface area contributed by atoms with Crippen LogP contribution in [0.2, 0.25) is 5.02 Å². The molecule has 2 rings (SSSR count). The zero-order chi connectivity index (χ0) is 15.8. The van der Waals surface area contributed by atoms with Crippen molar-refractivity contribution in [2.75, 3.05) is 7.11 Å². The van der Waals surface area contributed by atoms with E-state index < -0.39 is 32.2 Å². The molecule has 1 amide bonds. The first kappa shape index (κ1) is 16.2. The smallest absolute Gasteiger partial charge is 0.254 e. The van der Waals surface area contributed by atoms with Gasteiger partial charge in [-0.15, -0.1) is 0 Å². The Balaban J connectivity index is 2.21. The van der Waals surface area contributed by atoms with E-state index in [4.69, 9.17) is 21.5 Å². The summed E-state index contributed by atoms with van der Waals surface area (Å²) in [6, 6.07) is 1.47. The van der Waals surface area contributed by atoms with Gasteiger partial charge in [0.15, 0.2) is 0 Å². The van der Waals surface area contributed by atoms with Crippen LogP contribution in [0.25, 0.3) is 0 Å². The van der Waals surface area contributed by atoms with Crippen LogP contribution in [-0.2, 0) is 14.8 Å². The summed E-state index contributed by atoms with van der Waals surface area (Å²) in [7, 11) is -2.57. The van der Waals surface area contributed by atoms with Gasteiger partial charge in [0, 0.05) is 13.2 Å². The molecule has 1 fully saturated rings. The molecule has 0 aliphatic heterocycles. The molecule has 3 N–H and O–H groups in total. The van der Waals surface area contributed by atoms with Crippen molar-refractivity contribution in [2.24, 2.45) is 5.14 Å². The van der Waals surface area contributed by atoms with Gasteiger partial charge in [-0.3, -0.25) is 4.79 Å². The second kappa shape index (κ2) is 5.88. The van der Waals surface area contributed by atoms with E-state index in [0.29, 0.717) is 12.8 Å².